The lowest BCUT2D eigenvalue weighted by atomic mass is 10.2. The first kappa shape index (κ1) is 12.1. The zero-order valence-corrected chi connectivity index (χ0v) is 10.7. The van der Waals surface area contributed by atoms with E-state index in [0.717, 1.165) is 28.5 Å². The van der Waals surface area contributed by atoms with Crippen molar-refractivity contribution in [2.75, 3.05) is 6.54 Å². The van der Waals surface area contributed by atoms with Gasteiger partial charge in [0.25, 0.3) is 0 Å². The van der Waals surface area contributed by atoms with Crippen molar-refractivity contribution in [3.05, 3.63) is 23.5 Å². The molecule has 0 aliphatic carbocycles. The van der Waals surface area contributed by atoms with Gasteiger partial charge in [-0.2, -0.15) is 10.2 Å². The van der Waals surface area contributed by atoms with Gasteiger partial charge in [-0.05, 0) is 19.0 Å². The number of nitrogens with zero attached hydrogens (tertiary/aromatic N) is 4. The van der Waals surface area contributed by atoms with Crippen molar-refractivity contribution in [3.8, 4) is 10.6 Å². The van der Waals surface area contributed by atoms with Gasteiger partial charge in [-0.25, -0.2) is 0 Å². The molecule has 0 spiro atoms. The van der Waals surface area contributed by atoms with Crippen LogP contribution < -0.4 is 5.32 Å². The molecule has 1 atom stereocenters. The average Bonchev–Trinajstić information content (AvgIpc) is 2.86. The first-order valence-electron chi connectivity index (χ1n) is 5.69. The molecule has 2 heterocycles. The van der Waals surface area contributed by atoms with Crippen LogP contribution in [0.3, 0.4) is 0 Å². The monoisotopic (exact) mass is 249 g/mol. The lowest BCUT2D eigenvalue weighted by Gasteiger charge is -2.10. The highest BCUT2D eigenvalue weighted by Gasteiger charge is 2.14. The highest BCUT2D eigenvalue weighted by molar-refractivity contribution is 7.14. The van der Waals surface area contributed by atoms with Gasteiger partial charge in [0, 0.05) is 5.56 Å². The average molecular weight is 249 g/mol. The number of hydrogen-bond donors (Lipinski definition) is 1. The molecule has 0 aromatic carbocycles. The molecule has 0 bridgehead atoms. The molecule has 1 N–H and O–H groups in total. The van der Waals surface area contributed by atoms with Gasteiger partial charge in [0.2, 0.25) is 0 Å². The van der Waals surface area contributed by atoms with Crippen LogP contribution in [0, 0.1) is 0 Å². The summed E-state index contributed by atoms with van der Waals surface area (Å²) in [5.41, 5.74) is 0.968. The Bertz CT molecular complexity index is 456. The zero-order chi connectivity index (χ0) is 12.1. The largest absolute Gasteiger partial charge is 0.308 e. The minimum Gasteiger partial charge on any atom is -0.308 e. The Kier molecular flexibility index (Phi) is 4.11. The number of rotatable bonds is 5. The number of nitrogens with one attached hydrogen (secondary N) is 1. The van der Waals surface area contributed by atoms with Crippen molar-refractivity contribution in [1.82, 2.24) is 25.7 Å². The predicted octanol–water partition coefficient (Wildman–Crippen LogP) is 2.06. The fraction of sp³-hybridized carbons (Fsp3) is 0.455. The van der Waals surface area contributed by atoms with Crippen LogP contribution in [0.4, 0.5) is 0 Å². The summed E-state index contributed by atoms with van der Waals surface area (Å²) < 4.78 is 0. The van der Waals surface area contributed by atoms with Gasteiger partial charge >= 0.3 is 0 Å². The second kappa shape index (κ2) is 5.79. The van der Waals surface area contributed by atoms with Gasteiger partial charge in [0.15, 0.2) is 0 Å². The summed E-state index contributed by atoms with van der Waals surface area (Å²) in [7, 11) is 0. The first-order chi connectivity index (χ1) is 8.35. The quantitative estimate of drug-likeness (QED) is 0.878. The molecule has 0 aliphatic rings. The Morgan fingerprint density at radius 3 is 2.82 bits per heavy atom. The topological polar surface area (TPSA) is 63.6 Å². The van der Waals surface area contributed by atoms with E-state index in [0.29, 0.717) is 6.04 Å². The summed E-state index contributed by atoms with van der Waals surface area (Å²) >= 11 is 1.61. The SMILES string of the molecule is CCNC(CC)c1nnc(-c2ccnnc2)s1. The molecule has 0 aliphatic heterocycles. The Morgan fingerprint density at radius 1 is 1.29 bits per heavy atom. The predicted molar refractivity (Wildman–Crippen MR) is 67.6 cm³/mol. The van der Waals surface area contributed by atoms with E-state index < -0.39 is 0 Å². The van der Waals surface area contributed by atoms with Crippen LogP contribution in [0.2, 0.25) is 0 Å². The van der Waals surface area contributed by atoms with E-state index in [9.17, 15) is 0 Å². The maximum Gasteiger partial charge on any atom is 0.149 e. The fourth-order valence-corrected chi connectivity index (χ4v) is 2.55. The summed E-state index contributed by atoms with van der Waals surface area (Å²) in [5.74, 6) is 0. The zero-order valence-electron chi connectivity index (χ0n) is 9.92. The van der Waals surface area contributed by atoms with Crippen LogP contribution in [0.25, 0.3) is 10.6 Å². The van der Waals surface area contributed by atoms with Crippen LogP contribution in [-0.2, 0) is 0 Å². The molecule has 0 saturated carbocycles. The third-order valence-corrected chi connectivity index (χ3v) is 3.51. The van der Waals surface area contributed by atoms with Crippen molar-refractivity contribution in [2.45, 2.75) is 26.3 Å². The molecule has 0 radical (unpaired) electrons. The van der Waals surface area contributed by atoms with Gasteiger partial charge in [-0.3, -0.25) is 0 Å². The van der Waals surface area contributed by atoms with E-state index in [4.69, 9.17) is 0 Å². The second-order valence-electron chi connectivity index (χ2n) is 3.60. The van der Waals surface area contributed by atoms with Crippen LogP contribution in [0.5, 0.6) is 0 Å². The molecule has 2 aromatic rings. The van der Waals surface area contributed by atoms with E-state index in [-0.39, 0.29) is 0 Å². The molecule has 6 heteroatoms. The Hall–Kier alpha value is -1.40. The summed E-state index contributed by atoms with van der Waals surface area (Å²) in [6.45, 7) is 5.17. The molecule has 5 nitrogen and oxygen atoms in total. The van der Waals surface area contributed by atoms with E-state index >= 15 is 0 Å². The van der Waals surface area contributed by atoms with Crippen molar-refractivity contribution in [1.29, 1.82) is 0 Å². The Balaban J connectivity index is 2.21. The minimum atomic E-state index is 0.293. The molecule has 0 amide bonds. The lowest BCUT2D eigenvalue weighted by Crippen LogP contribution is -2.19. The molecule has 17 heavy (non-hydrogen) atoms. The van der Waals surface area contributed by atoms with Crippen LogP contribution >= 0.6 is 11.3 Å². The first-order valence-corrected chi connectivity index (χ1v) is 6.50. The number of aromatic nitrogens is 4. The van der Waals surface area contributed by atoms with E-state index in [2.05, 4.69) is 39.6 Å². The lowest BCUT2D eigenvalue weighted by molar-refractivity contribution is 0.531. The van der Waals surface area contributed by atoms with Gasteiger partial charge in [0.05, 0.1) is 18.4 Å². The van der Waals surface area contributed by atoms with Gasteiger partial charge in [-0.1, -0.05) is 25.2 Å². The minimum absolute atomic E-state index is 0.293. The highest BCUT2D eigenvalue weighted by Crippen LogP contribution is 2.27. The standard InChI is InChI=1S/C11H15N5S/c1-3-9(12-4-2)11-16-15-10(17-11)8-5-6-13-14-7-8/h5-7,9,12H,3-4H2,1-2H3. The molecule has 1 unspecified atom stereocenters. The maximum absolute atomic E-state index is 4.24. The van der Waals surface area contributed by atoms with Crippen LogP contribution in [0.15, 0.2) is 18.5 Å². The molecule has 0 fully saturated rings. The third-order valence-electron chi connectivity index (χ3n) is 2.43. The van der Waals surface area contributed by atoms with Crippen molar-refractivity contribution >= 4 is 11.3 Å². The molecular weight excluding hydrogens is 234 g/mol. The molecule has 2 aromatic heterocycles. The fourth-order valence-electron chi connectivity index (χ4n) is 1.56. The maximum atomic E-state index is 4.24. The van der Waals surface area contributed by atoms with Gasteiger partial charge < -0.3 is 5.32 Å². The normalized spacial score (nSPS) is 12.6. The van der Waals surface area contributed by atoms with Crippen molar-refractivity contribution in [3.63, 3.8) is 0 Å². The highest BCUT2D eigenvalue weighted by atomic mass is 32.1. The van der Waals surface area contributed by atoms with E-state index in [1.54, 1.807) is 23.7 Å². The Morgan fingerprint density at radius 2 is 2.18 bits per heavy atom. The summed E-state index contributed by atoms with van der Waals surface area (Å²) in [6, 6.07) is 2.19. The molecular formula is C11H15N5S. The van der Waals surface area contributed by atoms with Crippen molar-refractivity contribution < 1.29 is 0 Å². The summed E-state index contributed by atoms with van der Waals surface area (Å²) in [5, 5.41) is 21.4. The Labute approximate surface area is 104 Å². The molecule has 2 rings (SSSR count). The van der Waals surface area contributed by atoms with Gasteiger partial charge in [-0.15, -0.1) is 10.2 Å². The molecule has 0 saturated heterocycles. The van der Waals surface area contributed by atoms with E-state index in [1.165, 1.54) is 0 Å². The third kappa shape index (κ3) is 2.83. The van der Waals surface area contributed by atoms with Crippen LogP contribution in [0.1, 0.15) is 31.3 Å². The number of hydrogen-bond acceptors (Lipinski definition) is 6. The molecule has 90 valence electrons. The van der Waals surface area contributed by atoms with Gasteiger partial charge in [0.1, 0.15) is 10.0 Å². The smallest absolute Gasteiger partial charge is 0.149 e. The van der Waals surface area contributed by atoms with Crippen LogP contribution in [-0.4, -0.2) is 26.9 Å². The summed E-state index contributed by atoms with van der Waals surface area (Å²) in [4.78, 5) is 0. The van der Waals surface area contributed by atoms with E-state index in [1.807, 2.05) is 6.07 Å². The second-order valence-corrected chi connectivity index (χ2v) is 4.60. The summed E-state index contributed by atoms with van der Waals surface area (Å²) in [6.07, 6.45) is 4.38. The van der Waals surface area contributed by atoms with Crippen molar-refractivity contribution in [2.24, 2.45) is 0 Å².